The van der Waals surface area contributed by atoms with E-state index in [1.54, 1.807) is 49.4 Å². The highest BCUT2D eigenvalue weighted by molar-refractivity contribution is 7.19. The Morgan fingerprint density at radius 3 is 2.26 bits per heavy atom. The molecule has 0 radical (unpaired) electrons. The molecule has 0 spiro atoms. The molecule has 0 atom stereocenters. The lowest BCUT2D eigenvalue weighted by atomic mass is 10.1. The number of esters is 1. The van der Waals surface area contributed by atoms with Crippen LogP contribution in [0.15, 0.2) is 42.5 Å². The van der Waals surface area contributed by atoms with Crippen LogP contribution >= 0.6 is 46.1 Å². The number of hydrogen-bond donors (Lipinski definition) is 2. The van der Waals surface area contributed by atoms with Gasteiger partial charge in [0.25, 0.3) is 11.8 Å². The number of halogens is 3. The van der Waals surface area contributed by atoms with Crippen molar-refractivity contribution in [1.29, 1.82) is 0 Å². The maximum absolute atomic E-state index is 12.9. The number of hydrogen-bond acceptors (Lipinski definition) is 5. The van der Waals surface area contributed by atoms with Crippen LogP contribution in [0.25, 0.3) is 0 Å². The zero-order valence-corrected chi connectivity index (χ0v) is 19.3. The van der Waals surface area contributed by atoms with Gasteiger partial charge in [-0.05, 0) is 36.8 Å². The number of thiophene rings is 1. The molecular weight excluding hydrogens is 483 g/mol. The van der Waals surface area contributed by atoms with Gasteiger partial charge in [0.1, 0.15) is 5.00 Å². The number of carbonyl (C=O) groups is 3. The summed E-state index contributed by atoms with van der Waals surface area (Å²) in [6, 6.07) is 11.3. The number of benzene rings is 2. The van der Waals surface area contributed by atoms with E-state index in [0.29, 0.717) is 11.3 Å². The van der Waals surface area contributed by atoms with Crippen LogP contribution in [0.1, 0.15) is 36.0 Å². The van der Waals surface area contributed by atoms with Gasteiger partial charge in [-0.1, -0.05) is 53.0 Å². The highest BCUT2D eigenvalue weighted by Gasteiger charge is 2.27. The van der Waals surface area contributed by atoms with Gasteiger partial charge in [-0.15, -0.1) is 11.3 Å². The maximum atomic E-state index is 12.9. The van der Waals surface area contributed by atoms with E-state index in [1.807, 2.05) is 0 Å². The van der Waals surface area contributed by atoms with Gasteiger partial charge in [-0.2, -0.15) is 0 Å². The molecule has 0 aliphatic carbocycles. The molecule has 3 rings (SSSR count). The predicted molar refractivity (Wildman–Crippen MR) is 124 cm³/mol. The molecule has 2 N–H and O–H groups in total. The van der Waals surface area contributed by atoms with Crippen LogP contribution in [-0.2, 0) is 4.74 Å². The lowest BCUT2D eigenvalue weighted by molar-refractivity contribution is 0.0601. The number of anilines is 2. The maximum Gasteiger partial charge on any atom is 0.341 e. The van der Waals surface area contributed by atoms with Crippen molar-refractivity contribution in [3.8, 4) is 0 Å². The SMILES string of the molecule is COC(=O)c1c(NC(=O)c2ccccc2Cl)sc(C(=O)Nc2cccc(Cl)c2Cl)c1C. The average molecular weight is 498 g/mol. The number of nitrogens with one attached hydrogen (secondary N) is 2. The second kappa shape index (κ2) is 9.70. The van der Waals surface area contributed by atoms with E-state index in [2.05, 4.69) is 10.6 Å². The summed E-state index contributed by atoms with van der Waals surface area (Å²) in [4.78, 5) is 38.2. The van der Waals surface area contributed by atoms with Crippen molar-refractivity contribution >= 4 is 74.6 Å². The fraction of sp³-hybridized carbons (Fsp3) is 0.0952. The Labute approximate surface area is 197 Å². The molecule has 0 fully saturated rings. The standard InChI is InChI=1S/C21H15Cl3N2O4S/c1-10-15(21(29)30-2)20(26-18(27)11-6-3-4-7-12(11)22)31-17(10)19(28)25-14-9-5-8-13(23)16(14)24/h3-9H,1-2H3,(H,25,28)(H,26,27). The number of methoxy groups -OCH3 is 1. The summed E-state index contributed by atoms with van der Waals surface area (Å²) >= 11 is 19.1. The lowest BCUT2D eigenvalue weighted by Crippen LogP contribution is -2.15. The van der Waals surface area contributed by atoms with Gasteiger partial charge in [0, 0.05) is 0 Å². The van der Waals surface area contributed by atoms with Gasteiger partial charge in [0.2, 0.25) is 0 Å². The first kappa shape index (κ1) is 23.1. The molecule has 6 nitrogen and oxygen atoms in total. The molecule has 0 saturated carbocycles. The molecule has 0 saturated heterocycles. The van der Waals surface area contributed by atoms with Gasteiger partial charge in [-0.25, -0.2) is 4.79 Å². The molecule has 3 aromatic rings. The predicted octanol–water partition coefficient (Wildman–Crippen LogP) is 6.31. The second-order valence-corrected chi connectivity index (χ2v) is 8.45. The van der Waals surface area contributed by atoms with Crippen LogP contribution in [-0.4, -0.2) is 24.9 Å². The zero-order valence-electron chi connectivity index (χ0n) is 16.2. The number of rotatable bonds is 5. The van der Waals surface area contributed by atoms with Gasteiger partial charge < -0.3 is 15.4 Å². The van der Waals surface area contributed by atoms with Crippen molar-refractivity contribution in [2.24, 2.45) is 0 Å². The largest absolute Gasteiger partial charge is 0.465 e. The average Bonchev–Trinajstić information content (AvgIpc) is 3.07. The molecule has 0 unspecified atom stereocenters. The number of amides is 2. The summed E-state index contributed by atoms with van der Waals surface area (Å²) in [5.41, 5.74) is 0.966. The Balaban J connectivity index is 1.97. The molecule has 0 bridgehead atoms. The summed E-state index contributed by atoms with van der Waals surface area (Å²) in [5.74, 6) is -1.74. The van der Waals surface area contributed by atoms with E-state index in [-0.39, 0.29) is 36.1 Å². The van der Waals surface area contributed by atoms with Crippen molar-refractivity contribution in [3.05, 3.63) is 79.1 Å². The molecule has 0 aliphatic rings. The smallest absolute Gasteiger partial charge is 0.341 e. The first-order chi connectivity index (χ1) is 14.7. The van der Waals surface area contributed by atoms with Gasteiger partial charge >= 0.3 is 5.97 Å². The minimum absolute atomic E-state index is 0.0789. The minimum atomic E-state index is -0.692. The Bertz CT molecular complexity index is 1190. The summed E-state index contributed by atoms with van der Waals surface area (Å²) in [5, 5.41) is 6.20. The summed E-state index contributed by atoms with van der Waals surface area (Å²) in [7, 11) is 1.21. The minimum Gasteiger partial charge on any atom is -0.465 e. The van der Waals surface area contributed by atoms with E-state index in [9.17, 15) is 14.4 Å². The van der Waals surface area contributed by atoms with Crippen LogP contribution < -0.4 is 10.6 Å². The van der Waals surface area contributed by atoms with Crippen molar-refractivity contribution in [3.63, 3.8) is 0 Å². The normalized spacial score (nSPS) is 10.5. The lowest BCUT2D eigenvalue weighted by Gasteiger charge is -2.07. The van der Waals surface area contributed by atoms with Crippen LogP contribution in [0, 0.1) is 6.92 Å². The van der Waals surface area contributed by atoms with Crippen molar-refractivity contribution in [1.82, 2.24) is 0 Å². The summed E-state index contributed by atoms with van der Waals surface area (Å²) in [6.45, 7) is 1.59. The first-order valence-electron chi connectivity index (χ1n) is 8.77. The van der Waals surface area contributed by atoms with Crippen LogP contribution in [0.4, 0.5) is 10.7 Å². The second-order valence-electron chi connectivity index (χ2n) is 6.24. The Hall–Kier alpha value is -2.58. The topological polar surface area (TPSA) is 84.5 Å². The zero-order chi connectivity index (χ0) is 22.7. The first-order valence-corrected chi connectivity index (χ1v) is 10.7. The molecule has 160 valence electrons. The Kier molecular flexibility index (Phi) is 7.23. The van der Waals surface area contributed by atoms with Gasteiger partial charge in [0.15, 0.2) is 0 Å². The number of ether oxygens (including phenoxy) is 1. The van der Waals surface area contributed by atoms with Crippen LogP contribution in [0.2, 0.25) is 15.1 Å². The summed E-state index contributed by atoms with van der Waals surface area (Å²) < 4.78 is 4.84. The van der Waals surface area contributed by atoms with Gasteiger partial charge in [-0.3, -0.25) is 9.59 Å². The molecule has 2 aromatic carbocycles. The summed E-state index contributed by atoms with van der Waals surface area (Å²) in [6.07, 6.45) is 0. The monoisotopic (exact) mass is 496 g/mol. The van der Waals surface area contributed by atoms with E-state index in [0.717, 1.165) is 11.3 Å². The molecule has 1 heterocycles. The Morgan fingerprint density at radius 2 is 1.58 bits per heavy atom. The molecule has 2 amide bonds. The third-order valence-corrected chi connectivity index (χ3v) is 6.64. The van der Waals surface area contributed by atoms with Crippen LogP contribution in [0.3, 0.4) is 0 Å². The third kappa shape index (κ3) is 4.85. The highest BCUT2D eigenvalue weighted by Crippen LogP contribution is 2.36. The van der Waals surface area contributed by atoms with Crippen molar-refractivity contribution in [2.45, 2.75) is 6.92 Å². The van der Waals surface area contributed by atoms with Crippen molar-refractivity contribution < 1.29 is 19.1 Å². The highest BCUT2D eigenvalue weighted by atomic mass is 35.5. The molecule has 0 aliphatic heterocycles. The van der Waals surface area contributed by atoms with E-state index < -0.39 is 17.8 Å². The fourth-order valence-corrected chi connectivity index (χ4v) is 4.42. The molecule has 31 heavy (non-hydrogen) atoms. The van der Waals surface area contributed by atoms with E-state index >= 15 is 0 Å². The van der Waals surface area contributed by atoms with E-state index in [4.69, 9.17) is 39.5 Å². The molecule has 10 heteroatoms. The Morgan fingerprint density at radius 1 is 0.903 bits per heavy atom. The molecule has 1 aromatic heterocycles. The molecular formula is C21H15Cl3N2O4S. The quantitative estimate of drug-likeness (QED) is 0.405. The van der Waals surface area contributed by atoms with Gasteiger partial charge in [0.05, 0.1) is 43.9 Å². The van der Waals surface area contributed by atoms with Crippen molar-refractivity contribution in [2.75, 3.05) is 17.7 Å². The fourth-order valence-electron chi connectivity index (χ4n) is 2.76. The van der Waals surface area contributed by atoms with Crippen LogP contribution in [0.5, 0.6) is 0 Å². The third-order valence-electron chi connectivity index (χ3n) is 4.29. The number of carbonyl (C=O) groups excluding carboxylic acids is 3. The van der Waals surface area contributed by atoms with E-state index in [1.165, 1.54) is 7.11 Å².